The maximum atomic E-state index is 14.0. The molecule has 1 saturated heterocycles. The van der Waals surface area contributed by atoms with Crippen LogP contribution in [0.1, 0.15) is 61.3 Å². The molecule has 3 unspecified atom stereocenters. The van der Waals surface area contributed by atoms with E-state index in [1.165, 1.54) is 12.1 Å². The molecule has 5 atom stereocenters. The first-order valence-electron chi connectivity index (χ1n) is 11.8. The van der Waals surface area contributed by atoms with Crippen LogP contribution in [0.5, 0.6) is 0 Å². The molecule has 1 heterocycles. The second-order valence-corrected chi connectivity index (χ2v) is 9.56. The Labute approximate surface area is 201 Å². The van der Waals surface area contributed by atoms with Gasteiger partial charge in [-0.1, -0.05) is 12.1 Å². The number of likely N-dealkylation sites (tertiary alicyclic amines) is 1. The number of nitrogens with two attached hydrogens (primary N) is 1. The van der Waals surface area contributed by atoms with Crippen molar-refractivity contribution in [1.82, 2.24) is 4.90 Å². The number of carbonyl (C=O) groups excluding carboxylic acids is 1. The van der Waals surface area contributed by atoms with Crippen LogP contribution in [0.15, 0.2) is 42.5 Å². The van der Waals surface area contributed by atoms with E-state index in [1.54, 1.807) is 19.1 Å². The first-order chi connectivity index (χ1) is 16.5. The monoisotopic (exact) mass is 496 g/mol. The quantitative estimate of drug-likeness (QED) is 0.510. The molecule has 4 rings (SSSR count). The molecule has 190 valence electrons. The lowest BCUT2D eigenvalue weighted by Gasteiger charge is -2.32. The van der Waals surface area contributed by atoms with Gasteiger partial charge in [0, 0.05) is 12.5 Å². The van der Waals surface area contributed by atoms with E-state index in [9.17, 15) is 26.7 Å². The zero-order chi connectivity index (χ0) is 25.3. The topological polar surface area (TPSA) is 55.6 Å². The number of benzene rings is 2. The molecule has 4 nitrogen and oxygen atoms in total. The van der Waals surface area contributed by atoms with Gasteiger partial charge in [-0.2, -0.15) is 13.2 Å². The van der Waals surface area contributed by atoms with Gasteiger partial charge in [0.1, 0.15) is 11.6 Å². The molecular weight excluding hydrogens is 467 g/mol. The van der Waals surface area contributed by atoms with Gasteiger partial charge in [0.05, 0.1) is 23.8 Å². The van der Waals surface area contributed by atoms with Crippen LogP contribution in [0, 0.1) is 17.6 Å². The summed E-state index contributed by atoms with van der Waals surface area (Å²) in [6.45, 7) is 2.97. The van der Waals surface area contributed by atoms with Crippen molar-refractivity contribution in [3.8, 4) is 0 Å². The number of hydrogen-bond donors (Lipinski definition) is 1. The van der Waals surface area contributed by atoms with Gasteiger partial charge in [0.25, 0.3) is 0 Å². The molecule has 2 aromatic carbocycles. The minimum absolute atomic E-state index is 0.0795. The Morgan fingerprint density at radius 2 is 1.80 bits per heavy atom. The van der Waals surface area contributed by atoms with Crippen molar-refractivity contribution in [2.75, 3.05) is 13.1 Å². The largest absolute Gasteiger partial charge is 0.416 e. The maximum absolute atomic E-state index is 14.0. The molecule has 2 N–H and O–H groups in total. The third kappa shape index (κ3) is 5.83. The number of nitrogens with zero attached hydrogens (tertiary/aromatic N) is 1. The number of hydrogen-bond acceptors (Lipinski definition) is 3. The number of primary amides is 1. The summed E-state index contributed by atoms with van der Waals surface area (Å²) in [4.78, 5) is 14.0. The predicted octanol–water partition coefficient (Wildman–Crippen LogP) is 5.57. The van der Waals surface area contributed by atoms with Gasteiger partial charge in [0.15, 0.2) is 0 Å². The van der Waals surface area contributed by atoms with Gasteiger partial charge in [-0.15, -0.1) is 0 Å². The Morgan fingerprint density at radius 1 is 1.09 bits per heavy atom. The van der Waals surface area contributed by atoms with Crippen LogP contribution >= 0.6 is 0 Å². The van der Waals surface area contributed by atoms with Crippen LogP contribution in [-0.4, -0.2) is 36.0 Å². The highest BCUT2D eigenvalue weighted by Gasteiger charge is 2.42. The fourth-order valence-corrected chi connectivity index (χ4v) is 5.59. The normalized spacial score (nSPS) is 26.2. The predicted molar refractivity (Wildman–Crippen MR) is 120 cm³/mol. The highest BCUT2D eigenvalue weighted by Crippen LogP contribution is 2.45. The molecule has 1 amide bonds. The third-order valence-electron chi connectivity index (χ3n) is 7.24. The number of halogens is 5. The van der Waals surface area contributed by atoms with E-state index < -0.39 is 23.7 Å². The van der Waals surface area contributed by atoms with Crippen LogP contribution in [-0.2, 0) is 15.7 Å². The van der Waals surface area contributed by atoms with Crippen LogP contribution in [0.3, 0.4) is 0 Å². The highest BCUT2D eigenvalue weighted by molar-refractivity contribution is 5.80. The molecule has 35 heavy (non-hydrogen) atoms. The Hall–Kier alpha value is -2.52. The lowest BCUT2D eigenvalue weighted by molar-refractivity contribution is -0.138. The second-order valence-electron chi connectivity index (χ2n) is 9.56. The molecule has 0 aromatic heterocycles. The van der Waals surface area contributed by atoms with Gasteiger partial charge in [-0.05, 0) is 86.5 Å². The molecule has 9 heteroatoms. The van der Waals surface area contributed by atoms with Crippen molar-refractivity contribution in [2.45, 2.75) is 63.0 Å². The molecular formula is C26H29F5N2O2. The van der Waals surface area contributed by atoms with Gasteiger partial charge in [-0.25, -0.2) is 8.78 Å². The van der Waals surface area contributed by atoms with Crippen molar-refractivity contribution in [3.05, 3.63) is 70.8 Å². The van der Waals surface area contributed by atoms with E-state index in [0.717, 1.165) is 37.1 Å². The minimum Gasteiger partial charge on any atom is -0.370 e. The van der Waals surface area contributed by atoms with Gasteiger partial charge >= 0.3 is 6.18 Å². The van der Waals surface area contributed by atoms with Gasteiger partial charge in [0.2, 0.25) is 5.91 Å². The molecule has 1 aliphatic heterocycles. The summed E-state index contributed by atoms with van der Waals surface area (Å²) in [5, 5.41) is 0. The Morgan fingerprint density at radius 3 is 2.46 bits per heavy atom. The molecule has 1 aliphatic carbocycles. The minimum atomic E-state index is -4.67. The summed E-state index contributed by atoms with van der Waals surface area (Å²) in [5.74, 6) is -1.79. The van der Waals surface area contributed by atoms with E-state index in [1.807, 2.05) is 0 Å². The van der Waals surface area contributed by atoms with E-state index in [2.05, 4.69) is 4.90 Å². The third-order valence-corrected chi connectivity index (χ3v) is 7.24. The number of alkyl halides is 3. The van der Waals surface area contributed by atoms with Crippen molar-refractivity contribution < 1.29 is 31.5 Å². The molecule has 0 bridgehead atoms. The number of ether oxygens (including phenoxy) is 1. The zero-order valence-corrected chi connectivity index (χ0v) is 19.4. The summed E-state index contributed by atoms with van der Waals surface area (Å²) < 4.78 is 73.4. The van der Waals surface area contributed by atoms with E-state index in [-0.39, 0.29) is 41.3 Å². The Balaban J connectivity index is 1.57. The van der Waals surface area contributed by atoms with Crippen LogP contribution in [0.2, 0.25) is 0 Å². The van der Waals surface area contributed by atoms with Crippen molar-refractivity contribution >= 4 is 5.91 Å². The van der Waals surface area contributed by atoms with Crippen molar-refractivity contribution in [1.29, 1.82) is 0 Å². The summed E-state index contributed by atoms with van der Waals surface area (Å²) in [6, 6.07) is 8.24. The summed E-state index contributed by atoms with van der Waals surface area (Å²) in [5.41, 5.74) is 5.48. The van der Waals surface area contributed by atoms with E-state index in [4.69, 9.17) is 10.5 Å². The highest BCUT2D eigenvalue weighted by atomic mass is 19.4. The Bertz CT molecular complexity index is 1040. The first-order valence-corrected chi connectivity index (χ1v) is 11.8. The van der Waals surface area contributed by atoms with Gasteiger partial charge in [-0.3, -0.25) is 9.69 Å². The molecule has 0 radical (unpaired) electrons. The molecule has 2 aliphatic rings. The van der Waals surface area contributed by atoms with E-state index >= 15 is 0 Å². The lowest BCUT2D eigenvalue weighted by atomic mass is 9.86. The van der Waals surface area contributed by atoms with Crippen molar-refractivity contribution in [3.63, 3.8) is 0 Å². The fraction of sp³-hybridized carbons (Fsp3) is 0.500. The fourth-order valence-electron chi connectivity index (χ4n) is 5.59. The average Bonchev–Trinajstić information content (AvgIpc) is 3.41. The smallest absolute Gasteiger partial charge is 0.370 e. The molecule has 2 fully saturated rings. The van der Waals surface area contributed by atoms with Crippen LogP contribution in [0.4, 0.5) is 22.0 Å². The summed E-state index contributed by atoms with van der Waals surface area (Å²) in [6.07, 6.45) is -2.85. The first kappa shape index (κ1) is 25.6. The maximum Gasteiger partial charge on any atom is 0.416 e. The van der Waals surface area contributed by atoms with Crippen LogP contribution < -0.4 is 5.73 Å². The van der Waals surface area contributed by atoms with Crippen molar-refractivity contribution in [2.24, 2.45) is 11.7 Å². The molecule has 2 aromatic rings. The van der Waals surface area contributed by atoms with Crippen LogP contribution in [0.25, 0.3) is 0 Å². The second kappa shape index (κ2) is 10.2. The van der Waals surface area contributed by atoms with Gasteiger partial charge < -0.3 is 10.5 Å². The summed E-state index contributed by atoms with van der Waals surface area (Å²) >= 11 is 0. The number of amides is 1. The lowest BCUT2D eigenvalue weighted by Crippen LogP contribution is -2.43. The van der Waals surface area contributed by atoms with E-state index in [0.29, 0.717) is 25.5 Å². The summed E-state index contributed by atoms with van der Waals surface area (Å²) in [7, 11) is 0. The standard InChI is InChI=1S/C26H29F5N2O2/c1-15(18-11-19(26(29,30)31)13-21(28)12-18)35-23-9-6-17(14-33-10-2-3-22(33)25(32)34)24(23)16-4-7-20(27)8-5-16/h4-5,7-8,11-13,15,17,22-24H,2-3,6,9-10,14H2,1H3,(H2,32,34)/t15-,17?,22-,23?,24?/m0/s1. The number of carbonyl (C=O) groups is 1. The number of rotatable bonds is 7. The Kier molecular flexibility index (Phi) is 7.47. The molecule has 1 saturated carbocycles. The average molecular weight is 497 g/mol. The SMILES string of the molecule is C[C@H](OC1CCC(CN2CCC[C@H]2C(N)=O)C1c1ccc(F)cc1)c1cc(F)cc(C(F)(F)F)c1. The zero-order valence-electron chi connectivity index (χ0n) is 19.4. The molecule has 0 spiro atoms.